The lowest BCUT2D eigenvalue weighted by Gasteiger charge is -2.13. The highest BCUT2D eigenvalue weighted by Gasteiger charge is 2.12. The van der Waals surface area contributed by atoms with Crippen LogP contribution in [-0.2, 0) is 11.3 Å². The normalized spacial score (nSPS) is 11.7. The molecular weight excluding hydrogens is 423 g/mol. The predicted molar refractivity (Wildman–Crippen MR) is 117 cm³/mol. The number of rotatable bonds is 9. The minimum Gasteiger partial charge on any atom is -0.356 e. The van der Waals surface area contributed by atoms with Crippen molar-refractivity contribution >= 4 is 39.9 Å². The van der Waals surface area contributed by atoms with Crippen molar-refractivity contribution in [2.24, 2.45) is 0 Å². The molecule has 0 aliphatic heterocycles. The van der Waals surface area contributed by atoms with Crippen LogP contribution in [-0.4, -0.2) is 27.6 Å². The molecule has 1 unspecified atom stereocenters. The molecule has 156 valence electrons. The van der Waals surface area contributed by atoms with E-state index in [4.69, 9.17) is 0 Å². The highest BCUT2D eigenvalue weighted by atomic mass is 32.2. The number of aromatic nitrogens is 2. The van der Waals surface area contributed by atoms with E-state index in [0.717, 1.165) is 11.1 Å². The Morgan fingerprint density at radius 3 is 2.47 bits per heavy atom. The fourth-order valence-electron chi connectivity index (χ4n) is 2.68. The second kappa shape index (κ2) is 10.3. The molecule has 0 saturated heterocycles. The molecule has 2 aromatic carbocycles. The van der Waals surface area contributed by atoms with Crippen molar-refractivity contribution in [3.63, 3.8) is 0 Å². The molecule has 1 heterocycles. The van der Waals surface area contributed by atoms with Gasteiger partial charge in [0.05, 0.1) is 11.8 Å². The van der Waals surface area contributed by atoms with Gasteiger partial charge in [-0.3, -0.25) is 9.59 Å². The van der Waals surface area contributed by atoms with Crippen molar-refractivity contribution in [1.82, 2.24) is 15.5 Å². The fourth-order valence-corrected chi connectivity index (χ4v) is 4.32. The molecule has 3 aromatic rings. The molecule has 1 aromatic heterocycles. The van der Waals surface area contributed by atoms with E-state index in [2.05, 4.69) is 20.8 Å². The van der Waals surface area contributed by atoms with Gasteiger partial charge in [0.1, 0.15) is 5.82 Å². The van der Waals surface area contributed by atoms with Crippen molar-refractivity contribution in [1.29, 1.82) is 0 Å². The Morgan fingerprint density at radius 2 is 1.80 bits per heavy atom. The number of amides is 1. The summed E-state index contributed by atoms with van der Waals surface area (Å²) in [6, 6.07) is 13.4. The van der Waals surface area contributed by atoms with Gasteiger partial charge in [-0.15, -0.1) is 10.2 Å². The van der Waals surface area contributed by atoms with Crippen LogP contribution < -0.4 is 10.6 Å². The van der Waals surface area contributed by atoms with Crippen LogP contribution in [0.1, 0.15) is 41.4 Å². The number of ketones is 1. The zero-order valence-electron chi connectivity index (χ0n) is 16.5. The first-order chi connectivity index (χ1) is 14.4. The van der Waals surface area contributed by atoms with Crippen LogP contribution in [0.4, 0.5) is 9.52 Å². The molecule has 0 aliphatic rings. The summed E-state index contributed by atoms with van der Waals surface area (Å²) in [5.74, 6) is -0.111. The standard InChI is InChI=1S/C21H21FN4O2S2/c1-13(24-14(2)27)16-5-7-17(8-6-16)19(28)12-29-21-26-25-20(30-21)23-11-15-3-9-18(22)10-4-15/h3-10,13H,11-12H2,1-2H3,(H,23,25)(H,24,27). The minimum atomic E-state index is -0.269. The van der Waals surface area contributed by atoms with E-state index >= 15 is 0 Å². The monoisotopic (exact) mass is 444 g/mol. The summed E-state index contributed by atoms with van der Waals surface area (Å²) >= 11 is 2.70. The molecule has 6 nitrogen and oxygen atoms in total. The largest absolute Gasteiger partial charge is 0.356 e. The van der Waals surface area contributed by atoms with Crippen LogP contribution >= 0.6 is 23.1 Å². The summed E-state index contributed by atoms with van der Waals surface area (Å²) in [6.07, 6.45) is 0. The molecular formula is C21H21FN4O2S2. The second-order valence-electron chi connectivity index (χ2n) is 6.61. The van der Waals surface area contributed by atoms with Gasteiger partial charge in [0.15, 0.2) is 10.1 Å². The highest BCUT2D eigenvalue weighted by molar-refractivity contribution is 8.01. The van der Waals surface area contributed by atoms with Crippen molar-refractivity contribution in [2.75, 3.05) is 11.1 Å². The molecule has 0 radical (unpaired) electrons. The third-order valence-corrected chi connectivity index (χ3v) is 6.26. The molecule has 30 heavy (non-hydrogen) atoms. The number of halogens is 1. The van der Waals surface area contributed by atoms with Crippen LogP contribution in [0.25, 0.3) is 0 Å². The fraction of sp³-hybridized carbons (Fsp3) is 0.238. The molecule has 9 heteroatoms. The van der Waals surface area contributed by atoms with E-state index < -0.39 is 0 Å². The van der Waals surface area contributed by atoms with E-state index in [9.17, 15) is 14.0 Å². The van der Waals surface area contributed by atoms with Gasteiger partial charge in [-0.05, 0) is 30.2 Å². The van der Waals surface area contributed by atoms with Crippen molar-refractivity contribution in [3.8, 4) is 0 Å². The Labute approximate surface area is 182 Å². The molecule has 0 bridgehead atoms. The first kappa shape index (κ1) is 21.9. The van der Waals surface area contributed by atoms with Crippen molar-refractivity contribution in [3.05, 3.63) is 71.0 Å². The van der Waals surface area contributed by atoms with Crippen LogP contribution in [0.3, 0.4) is 0 Å². The van der Waals surface area contributed by atoms with E-state index in [1.54, 1.807) is 24.3 Å². The Hall–Kier alpha value is -2.78. The first-order valence-electron chi connectivity index (χ1n) is 9.25. The van der Waals surface area contributed by atoms with Gasteiger partial charge < -0.3 is 10.6 Å². The number of carbonyl (C=O) groups excluding carboxylic acids is 2. The molecule has 0 fully saturated rings. The molecule has 1 amide bonds. The van der Waals surface area contributed by atoms with Gasteiger partial charge in [-0.25, -0.2) is 4.39 Å². The molecule has 2 N–H and O–H groups in total. The SMILES string of the molecule is CC(=O)NC(C)c1ccc(C(=O)CSc2nnc(NCc3ccc(F)cc3)s2)cc1. The lowest BCUT2D eigenvalue weighted by atomic mass is 10.0. The summed E-state index contributed by atoms with van der Waals surface area (Å²) in [6.45, 7) is 3.88. The number of carbonyl (C=O) groups is 2. The lowest BCUT2D eigenvalue weighted by Crippen LogP contribution is -2.23. The topological polar surface area (TPSA) is 84.0 Å². The van der Waals surface area contributed by atoms with Gasteiger partial charge in [0, 0.05) is 19.0 Å². The molecule has 0 aliphatic carbocycles. The minimum absolute atomic E-state index is 0.00486. The van der Waals surface area contributed by atoms with Crippen LogP contribution in [0.5, 0.6) is 0 Å². The van der Waals surface area contributed by atoms with Gasteiger partial charge in [-0.2, -0.15) is 0 Å². The maximum atomic E-state index is 12.9. The molecule has 1 atom stereocenters. The first-order valence-corrected chi connectivity index (χ1v) is 11.1. The Kier molecular flexibility index (Phi) is 7.53. The molecule has 0 spiro atoms. The van der Waals surface area contributed by atoms with E-state index in [0.29, 0.717) is 21.6 Å². The zero-order chi connectivity index (χ0) is 21.5. The average molecular weight is 445 g/mol. The van der Waals surface area contributed by atoms with E-state index in [1.165, 1.54) is 42.2 Å². The third-order valence-electron chi connectivity index (χ3n) is 4.24. The van der Waals surface area contributed by atoms with Crippen LogP contribution in [0.15, 0.2) is 52.9 Å². The zero-order valence-corrected chi connectivity index (χ0v) is 18.1. The quantitative estimate of drug-likeness (QED) is 0.374. The number of nitrogens with zero attached hydrogens (tertiary/aromatic N) is 2. The highest BCUT2D eigenvalue weighted by Crippen LogP contribution is 2.26. The number of hydrogen-bond donors (Lipinski definition) is 2. The van der Waals surface area contributed by atoms with Gasteiger partial charge in [0.25, 0.3) is 0 Å². The molecule has 0 saturated carbocycles. The van der Waals surface area contributed by atoms with E-state index in [-0.39, 0.29) is 29.3 Å². The number of anilines is 1. The Balaban J connectivity index is 1.49. The number of benzene rings is 2. The summed E-state index contributed by atoms with van der Waals surface area (Å²) in [4.78, 5) is 23.6. The Bertz CT molecular complexity index is 1010. The third kappa shape index (κ3) is 6.36. The van der Waals surface area contributed by atoms with Gasteiger partial charge in [-0.1, -0.05) is 59.5 Å². The molecule has 3 rings (SSSR count). The van der Waals surface area contributed by atoms with E-state index in [1.807, 2.05) is 19.1 Å². The van der Waals surface area contributed by atoms with Crippen molar-refractivity contribution < 1.29 is 14.0 Å². The number of hydrogen-bond acceptors (Lipinski definition) is 7. The lowest BCUT2D eigenvalue weighted by molar-refractivity contribution is -0.119. The number of Topliss-reactive ketones (excluding diaryl/α,β-unsaturated/α-hetero) is 1. The Morgan fingerprint density at radius 1 is 1.10 bits per heavy atom. The predicted octanol–water partition coefficient (Wildman–Crippen LogP) is 4.46. The van der Waals surface area contributed by atoms with Gasteiger partial charge >= 0.3 is 0 Å². The summed E-state index contributed by atoms with van der Waals surface area (Å²) < 4.78 is 13.6. The van der Waals surface area contributed by atoms with Crippen LogP contribution in [0, 0.1) is 5.82 Å². The summed E-state index contributed by atoms with van der Waals surface area (Å²) in [5, 5.41) is 14.8. The average Bonchev–Trinajstić information content (AvgIpc) is 3.19. The van der Waals surface area contributed by atoms with Gasteiger partial charge in [0.2, 0.25) is 11.0 Å². The summed E-state index contributed by atoms with van der Waals surface area (Å²) in [7, 11) is 0. The van der Waals surface area contributed by atoms with Crippen molar-refractivity contribution in [2.45, 2.75) is 30.8 Å². The second-order valence-corrected chi connectivity index (χ2v) is 8.81. The summed E-state index contributed by atoms with van der Waals surface area (Å²) in [5.41, 5.74) is 2.49. The smallest absolute Gasteiger partial charge is 0.217 e. The number of nitrogens with one attached hydrogen (secondary N) is 2. The maximum Gasteiger partial charge on any atom is 0.217 e. The number of thioether (sulfide) groups is 1. The van der Waals surface area contributed by atoms with Crippen LogP contribution in [0.2, 0.25) is 0 Å². The maximum absolute atomic E-state index is 12.9.